The Hall–Kier alpha value is -1.73. The molecule has 0 aromatic heterocycles. The molecule has 0 aliphatic rings. The van der Waals surface area contributed by atoms with Gasteiger partial charge in [0.05, 0.1) is 4.90 Å². The molecule has 0 spiro atoms. The number of sulfone groups is 1. The summed E-state index contributed by atoms with van der Waals surface area (Å²) >= 11 is 5.59. The van der Waals surface area contributed by atoms with Crippen molar-refractivity contribution in [3.63, 3.8) is 0 Å². The van der Waals surface area contributed by atoms with Gasteiger partial charge >= 0.3 is 5.76 Å². The lowest BCUT2D eigenvalue weighted by Crippen LogP contribution is -2.11. The van der Waals surface area contributed by atoms with E-state index in [4.69, 9.17) is 16.3 Å². The van der Waals surface area contributed by atoms with Crippen molar-refractivity contribution in [3.05, 3.63) is 53.3 Å². The average molecular weight is 337 g/mol. The van der Waals surface area contributed by atoms with Crippen molar-refractivity contribution < 1.29 is 26.3 Å². The van der Waals surface area contributed by atoms with Crippen LogP contribution >= 0.6 is 11.6 Å². The molecule has 0 aliphatic carbocycles. The summed E-state index contributed by atoms with van der Waals surface area (Å²) in [4.78, 5) is -0.540. The lowest BCUT2D eigenvalue weighted by atomic mass is 10.3. The maximum Gasteiger partial charge on any atom is 0.341 e. The number of halogens is 4. The molecule has 0 saturated carbocycles. The largest absolute Gasteiger partial charge is 0.454 e. The van der Waals surface area contributed by atoms with Crippen LogP contribution in [0.1, 0.15) is 0 Å². The van der Waals surface area contributed by atoms with Crippen LogP contribution < -0.4 is 4.74 Å². The van der Waals surface area contributed by atoms with Crippen molar-refractivity contribution in [1.82, 2.24) is 0 Å². The monoisotopic (exact) mass is 336 g/mol. The van der Waals surface area contributed by atoms with E-state index >= 15 is 0 Å². The Morgan fingerprint density at radius 1 is 1.05 bits per heavy atom. The van der Waals surface area contributed by atoms with Gasteiger partial charge in [0.25, 0.3) is 0 Å². The molecule has 0 saturated heterocycles. The molecular weight excluding hydrogens is 329 g/mol. The Kier molecular flexibility index (Phi) is 4.43. The Labute approximate surface area is 123 Å². The van der Waals surface area contributed by atoms with E-state index in [1.807, 2.05) is 0 Å². The summed E-state index contributed by atoms with van der Waals surface area (Å²) in [6.45, 7) is 0. The number of rotatable bonds is 4. The molecule has 3 nitrogen and oxygen atoms in total. The van der Waals surface area contributed by atoms with Crippen LogP contribution in [0.5, 0.6) is 11.5 Å². The first-order chi connectivity index (χ1) is 9.80. The summed E-state index contributed by atoms with van der Waals surface area (Å²) < 4.78 is 65.8. The van der Waals surface area contributed by atoms with Crippen LogP contribution in [-0.2, 0) is 9.84 Å². The number of hydrogen-bond acceptors (Lipinski definition) is 3. The van der Waals surface area contributed by atoms with Gasteiger partial charge in [0.2, 0.25) is 9.84 Å². The minimum atomic E-state index is -4.66. The van der Waals surface area contributed by atoms with E-state index in [0.29, 0.717) is 0 Å². The Morgan fingerprint density at radius 2 is 1.67 bits per heavy atom. The first-order valence-electron chi connectivity index (χ1n) is 5.56. The summed E-state index contributed by atoms with van der Waals surface area (Å²) in [5.74, 6) is -4.22. The third-order valence-electron chi connectivity index (χ3n) is 2.51. The third kappa shape index (κ3) is 3.48. The van der Waals surface area contributed by atoms with Crippen LogP contribution in [0.25, 0.3) is 0 Å². The van der Waals surface area contributed by atoms with Gasteiger partial charge in [-0.2, -0.15) is 8.78 Å². The van der Waals surface area contributed by atoms with Crippen LogP contribution in [0.4, 0.5) is 13.2 Å². The summed E-state index contributed by atoms with van der Waals surface area (Å²) in [6, 6.07) is 7.99. The van der Waals surface area contributed by atoms with Crippen molar-refractivity contribution in [2.45, 2.75) is 10.7 Å². The quantitative estimate of drug-likeness (QED) is 0.837. The summed E-state index contributed by atoms with van der Waals surface area (Å²) in [5.41, 5.74) is 0. The third-order valence-corrected chi connectivity index (χ3v) is 4.14. The van der Waals surface area contributed by atoms with Crippen LogP contribution in [0.15, 0.2) is 47.4 Å². The predicted octanol–water partition coefficient (Wildman–Crippen LogP) is 4.27. The number of benzene rings is 2. The Morgan fingerprint density at radius 3 is 2.19 bits per heavy atom. The lowest BCUT2D eigenvalue weighted by Gasteiger charge is -2.08. The smallest absolute Gasteiger partial charge is 0.341 e. The minimum Gasteiger partial charge on any atom is -0.454 e. The van der Waals surface area contributed by atoms with Gasteiger partial charge in [0.1, 0.15) is 5.75 Å². The molecule has 8 heteroatoms. The van der Waals surface area contributed by atoms with Crippen molar-refractivity contribution in [3.8, 4) is 11.5 Å². The van der Waals surface area contributed by atoms with Crippen molar-refractivity contribution in [2.75, 3.05) is 0 Å². The summed E-state index contributed by atoms with van der Waals surface area (Å²) in [7, 11) is -4.66. The molecule has 0 radical (unpaired) electrons. The Bertz CT molecular complexity index is 746. The molecule has 2 rings (SSSR count). The second-order valence-corrected chi connectivity index (χ2v) is 6.31. The normalized spacial score (nSPS) is 11.7. The van der Waals surface area contributed by atoms with Crippen LogP contribution in [0.3, 0.4) is 0 Å². The van der Waals surface area contributed by atoms with Crippen molar-refractivity contribution in [1.29, 1.82) is 0 Å². The highest BCUT2D eigenvalue weighted by Crippen LogP contribution is 2.28. The second kappa shape index (κ2) is 5.95. The second-order valence-electron chi connectivity index (χ2n) is 3.95. The van der Waals surface area contributed by atoms with Crippen LogP contribution in [0.2, 0.25) is 5.02 Å². The van der Waals surface area contributed by atoms with Gasteiger partial charge in [-0.25, -0.2) is 12.8 Å². The van der Waals surface area contributed by atoms with E-state index in [0.717, 1.165) is 30.3 Å². The van der Waals surface area contributed by atoms with Gasteiger partial charge < -0.3 is 4.74 Å². The molecule has 2 aromatic rings. The zero-order chi connectivity index (χ0) is 15.6. The van der Waals surface area contributed by atoms with Gasteiger partial charge in [-0.3, -0.25) is 0 Å². The highest BCUT2D eigenvalue weighted by Gasteiger charge is 2.26. The van der Waals surface area contributed by atoms with E-state index in [2.05, 4.69) is 0 Å². The van der Waals surface area contributed by atoms with Crippen molar-refractivity contribution >= 4 is 21.4 Å². The molecular formula is C13H8ClF3O3S. The van der Waals surface area contributed by atoms with Gasteiger partial charge in [-0.15, -0.1) is 0 Å². The van der Waals surface area contributed by atoms with Gasteiger partial charge in [-0.1, -0.05) is 11.6 Å². The SMILES string of the molecule is O=S(=O)(c1ccc(Oc2ccc(Cl)cc2F)cc1)C(F)F. The molecule has 2 aromatic carbocycles. The first-order valence-corrected chi connectivity index (χ1v) is 7.48. The minimum absolute atomic E-state index is 0.101. The molecule has 0 aliphatic heterocycles. The predicted molar refractivity (Wildman–Crippen MR) is 71.1 cm³/mol. The molecule has 21 heavy (non-hydrogen) atoms. The van der Waals surface area contributed by atoms with Crippen LogP contribution in [0, 0.1) is 5.82 Å². The lowest BCUT2D eigenvalue weighted by molar-refractivity contribution is 0.234. The maximum atomic E-state index is 13.5. The fourth-order valence-corrected chi connectivity index (χ4v) is 2.37. The van der Waals surface area contributed by atoms with Gasteiger partial charge in [-0.05, 0) is 42.5 Å². The average Bonchev–Trinajstić information content (AvgIpc) is 2.42. The summed E-state index contributed by atoms with van der Waals surface area (Å²) in [6.07, 6.45) is 0. The van der Waals surface area contributed by atoms with E-state index in [-0.39, 0.29) is 16.5 Å². The standard InChI is InChI=1S/C13H8ClF3O3S/c14-8-1-6-12(11(15)7-8)20-9-2-4-10(5-3-9)21(18,19)13(16)17/h1-7,13H. The number of ether oxygens (including phenoxy) is 1. The molecule has 0 heterocycles. The molecule has 0 amide bonds. The fourth-order valence-electron chi connectivity index (χ4n) is 1.49. The van der Waals surface area contributed by atoms with E-state index in [9.17, 15) is 21.6 Å². The molecule has 0 N–H and O–H groups in total. The summed E-state index contributed by atoms with van der Waals surface area (Å²) in [5, 5.41) is 0.193. The molecule has 0 fully saturated rings. The van der Waals surface area contributed by atoms with Crippen molar-refractivity contribution in [2.24, 2.45) is 0 Å². The molecule has 0 unspecified atom stereocenters. The van der Waals surface area contributed by atoms with E-state index in [1.54, 1.807) is 0 Å². The number of hydrogen-bond donors (Lipinski definition) is 0. The fraction of sp³-hybridized carbons (Fsp3) is 0.0769. The zero-order valence-electron chi connectivity index (χ0n) is 10.3. The first kappa shape index (κ1) is 15.7. The highest BCUT2D eigenvalue weighted by atomic mass is 35.5. The molecule has 0 bridgehead atoms. The molecule has 0 atom stereocenters. The number of alkyl halides is 2. The topological polar surface area (TPSA) is 43.4 Å². The van der Waals surface area contributed by atoms with Gasteiger partial charge in [0.15, 0.2) is 11.6 Å². The Balaban J connectivity index is 2.24. The molecule has 112 valence electrons. The zero-order valence-corrected chi connectivity index (χ0v) is 11.8. The van der Waals surface area contributed by atoms with E-state index in [1.165, 1.54) is 12.1 Å². The highest BCUT2D eigenvalue weighted by molar-refractivity contribution is 7.91. The maximum absolute atomic E-state index is 13.5. The van der Waals surface area contributed by atoms with Gasteiger partial charge in [0, 0.05) is 5.02 Å². The van der Waals surface area contributed by atoms with E-state index < -0.39 is 26.3 Å². The van der Waals surface area contributed by atoms with Crippen LogP contribution in [-0.4, -0.2) is 14.2 Å².